The molecule has 2 aromatic rings. The lowest BCUT2D eigenvalue weighted by molar-refractivity contribution is -0.171. The Hall–Kier alpha value is -3.52. The number of hydrogen-bond acceptors (Lipinski definition) is 8. The molecule has 0 amide bonds. The Morgan fingerprint density at radius 3 is 2.10 bits per heavy atom. The van der Waals surface area contributed by atoms with Crippen LogP contribution < -0.4 is 14.8 Å². The summed E-state index contributed by atoms with van der Waals surface area (Å²) in [5.41, 5.74) is -0.481. The third kappa shape index (κ3) is 8.26. The molecule has 0 fully saturated rings. The normalized spacial score (nSPS) is 21.2. The molecule has 2 N–H and O–H groups in total. The van der Waals surface area contributed by atoms with Crippen LogP contribution in [0.5, 0.6) is 11.5 Å². The lowest BCUT2D eigenvalue weighted by atomic mass is 9.65. The van der Waals surface area contributed by atoms with Crippen LogP contribution in [-0.4, -0.2) is 54.6 Å². The molecule has 0 heterocycles. The molecule has 0 aromatic heterocycles. The zero-order chi connectivity index (χ0) is 30.6. The van der Waals surface area contributed by atoms with E-state index in [9.17, 15) is 14.7 Å². The van der Waals surface area contributed by atoms with Crippen LogP contribution in [-0.2, 0) is 25.5 Å². The Morgan fingerprint density at radius 1 is 0.927 bits per heavy atom. The largest absolute Gasteiger partial charge is 0.493 e. The molecule has 0 unspecified atom stereocenters. The van der Waals surface area contributed by atoms with Crippen molar-refractivity contribution in [2.75, 3.05) is 20.8 Å². The van der Waals surface area contributed by atoms with Gasteiger partial charge in [-0.1, -0.05) is 36.4 Å². The minimum absolute atomic E-state index is 0.0424. The van der Waals surface area contributed by atoms with Crippen molar-refractivity contribution in [2.24, 2.45) is 5.92 Å². The van der Waals surface area contributed by atoms with Crippen LogP contribution in [0.1, 0.15) is 71.9 Å². The summed E-state index contributed by atoms with van der Waals surface area (Å²) in [5.74, 6) is -1.67. The molecule has 8 heteroatoms. The number of hydrogen-bond donors (Lipinski definition) is 2. The van der Waals surface area contributed by atoms with Crippen LogP contribution in [0.25, 0.3) is 0 Å². The van der Waals surface area contributed by atoms with Crippen LogP contribution in [0, 0.1) is 5.92 Å². The summed E-state index contributed by atoms with van der Waals surface area (Å²) in [5, 5.41) is 15.2. The maximum Gasteiger partial charge on any atom is 0.336 e. The highest BCUT2D eigenvalue weighted by Gasteiger charge is 2.53. The molecular weight excluding hydrogens is 522 g/mol. The Kier molecular flexibility index (Phi) is 9.80. The molecule has 8 nitrogen and oxygen atoms in total. The van der Waals surface area contributed by atoms with Gasteiger partial charge in [0.2, 0.25) is 0 Å². The first-order valence-corrected chi connectivity index (χ1v) is 14.0. The van der Waals surface area contributed by atoms with Crippen molar-refractivity contribution in [3.05, 3.63) is 70.9 Å². The molecule has 41 heavy (non-hydrogen) atoms. The van der Waals surface area contributed by atoms with Crippen molar-refractivity contribution in [3.8, 4) is 11.5 Å². The van der Waals surface area contributed by atoms with Crippen molar-refractivity contribution in [1.82, 2.24) is 5.32 Å². The third-order valence-electron chi connectivity index (χ3n) is 6.81. The maximum absolute atomic E-state index is 13.9. The van der Waals surface area contributed by atoms with E-state index in [0.717, 1.165) is 5.56 Å². The van der Waals surface area contributed by atoms with E-state index < -0.39 is 40.6 Å². The summed E-state index contributed by atoms with van der Waals surface area (Å²) in [6.45, 7) is 12.8. The molecule has 2 aromatic carbocycles. The minimum atomic E-state index is -1.51. The van der Waals surface area contributed by atoms with Gasteiger partial charge in [-0.3, -0.25) is 4.79 Å². The molecule has 224 valence electrons. The molecule has 1 aliphatic carbocycles. The standard InChI is InChI=1S/C33H45NO7/c1-31(2,3)40-29(35)27-23(34-18-17-21-15-16-24(38-8)25(19-21)39-9)20-33(7,37)28(30(36)41-32(4,5)6)26(27)22-13-11-10-12-14-22/h10-16,19,26,28,34,37H,17-18,20H2,1-9H3/t26-,28+,33+/m0/s1. The van der Waals surface area contributed by atoms with Gasteiger partial charge in [0, 0.05) is 24.6 Å². The molecule has 0 radical (unpaired) electrons. The van der Waals surface area contributed by atoms with Crippen molar-refractivity contribution >= 4 is 11.9 Å². The van der Waals surface area contributed by atoms with Gasteiger partial charge < -0.3 is 29.4 Å². The Morgan fingerprint density at radius 2 is 1.54 bits per heavy atom. The van der Waals surface area contributed by atoms with Gasteiger partial charge in [-0.2, -0.15) is 0 Å². The number of carbonyl (C=O) groups excluding carboxylic acids is 2. The predicted molar refractivity (Wildman–Crippen MR) is 158 cm³/mol. The maximum atomic E-state index is 13.9. The number of esters is 2. The fourth-order valence-electron chi connectivity index (χ4n) is 5.19. The number of rotatable bonds is 9. The summed E-state index contributed by atoms with van der Waals surface area (Å²) >= 11 is 0. The van der Waals surface area contributed by atoms with Gasteiger partial charge in [-0.25, -0.2) is 4.79 Å². The summed E-state index contributed by atoms with van der Waals surface area (Å²) in [6.07, 6.45) is 0.653. The fraction of sp³-hybridized carbons (Fsp3) is 0.515. The van der Waals surface area contributed by atoms with Crippen molar-refractivity contribution < 1.29 is 33.6 Å². The zero-order valence-electron chi connectivity index (χ0n) is 25.8. The smallest absolute Gasteiger partial charge is 0.336 e. The molecule has 0 saturated carbocycles. The minimum Gasteiger partial charge on any atom is -0.493 e. The van der Waals surface area contributed by atoms with Gasteiger partial charge in [-0.05, 0) is 78.1 Å². The highest BCUT2D eigenvalue weighted by atomic mass is 16.6. The first kappa shape index (κ1) is 32.0. The topological polar surface area (TPSA) is 103 Å². The number of nitrogens with one attached hydrogen (secondary N) is 1. The molecule has 0 saturated heterocycles. The SMILES string of the molecule is COc1ccc(CCNC2=C(C(=O)OC(C)(C)C)[C@H](c3ccccc3)[C@H](C(=O)OC(C)(C)C)[C@](C)(O)C2)cc1OC. The van der Waals surface area contributed by atoms with E-state index in [1.807, 2.05) is 48.5 Å². The molecule has 3 atom stereocenters. The van der Waals surface area contributed by atoms with Crippen LogP contribution in [0.4, 0.5) is 0 Å². The Bertz CT molecular complexity index is 1250. The third-order valence-corrected chi connectivity index (χ3v) is 6.81. The molecule has 3 rings (SSSR count). The lowest BCUT2D eigenvalue weighted by Gasteiger charge is -2.44. The second-order valence-electron chi connectivity index (χ2n) is 12.7. The van der Waals surface area contributed by atoms with Crippen LogP contribution in [0.3, 0.4) is 0 Å². The van der Waals surface area contributed by atoms with Crippen LogP contribution in [0.2, 0.25) is 0 Å². The second kappa shape index (κ2) is 12.6. The van der Waals surface area contributed by atoms with Crippen molar-refractivity contribution in [1.29, 1.82) is 0 Å². The van der Waals surface area contributed by atoms with Gasteiger partial charge in [0.05, 0.1) is 31.3 Å². The van der Waals surface area contributed by atoms with E-state index in [1.165, 1.54) is 0 Å². The lowest BCUT2D eigenvalue weighted by Crippen LogP contribution is -2.52. The first-order valence-electron chi connectivity index (χ1n) is 14.0. The van der Waals surface area contributed by atoms with Gasteiger partial charge in [0.15, 0.2) is 11.5 Å². The Balaban J connectivity index is 2.09. The number of aliphatic hydroxyl groups is 1. The van der Waals surface area contributed by atoms with E-state index in [-0.39, 0.29) is 6.42 Å². The number of benzene rings is 2. The van der Waals surface area contributed by atoms with Crippen molar-refractivity contribution in [2.45, 2.75) is 84.0 Å². The molecule has 0 bridgehead atoms. The summed E-state index contributed by atoms with van der Waals surface area (Å²) in [4.78, 5) is 27.6. The first-order chi connectivity index (χ1) is 19.1. The zero-order valence-corrected chi connectivity index (χ0v) is 25.8. The number of methoxy groups -OCH3 is 2. The second-order valence-corrected chi connectivity index (χ2v) is 12.7. The quantitative estimate of drug-likeness (QED) is 0.392. The summed E-state index contributed by atoms with van der Waals surface area (Å²) in [7, 11) is 3.18. The average Bonchev–Trinajstić information content (AvgIpc) is 2.85. The average molecular weight is 568 g/mol. The predicted octanol–water partition coefficient (Wildman–Crippen LogP) is 5.33. The van der Waals surface area contributed by atoms with Crippen LogP contribution >= 0.6 is 0 Å². The summed E-state index contributed by atoms with van der Waals surface area (Å²) in [6, 6.07) is 15.0. The van der Waals surface area contributed by atoms with E-state index in [0.29, 0.717) is 41.3 Å². The van der Waals surface area contributed by atoms with Gasteiger partial charge >= 0.3 is 11.9 Å². The monoisotopic (exact) mass is 567 g/mol. The Labute approximate surface area is 244 Å². The van der Waals surface area contributed by atoms with Gasteiger partial charge in [-0.15, -0.1) is 0 Å². The molecular formula is C33H45NO7. The van der Waals surface area contributed by atoms with E-state index in [1.54, 1.807) is 62.7 Å². The molecule has 1 aliphatic rings. The van der Waals surface area contributed by atoms with E-state index >= 15 is 0 Å². The van der Waals surface area contributed by atoms with Crippen molar-refractivity contribution in [3.63, 3.8) is 0 Å². The molecule has 0 spiro atoms. The van der Waals surface area contributed by atoms with Gasteiger partial charge in [0.1, 0.15) is 11.2 Å². The fourth-order valence-corrected chi connectivity index (χ4v) is 5.19. The highest BCUT2D eigenvalue weighted by molar-refractivity contribution is 5.94. The van der Waals surface area contributed by atoms with Crippen LogP contribution in [0.15, 0.2) is 59.8 Å². The summed E-state index contributed by atoms with van der Waals surface area (Å²) < 4.78 is 22.4. The van der Waals surface area contributed by atoms with E-state index in [2.05, 4.69) is 5.32 Å². The molecule has 0 aliphatic heterocycles. The number of carbonyl (C=O) groups is 2. The number of ether oxygens (including phenoxy) is 4. The highest BCUT2D eigenvalue weighted by Crippen LogP contribution is 2.48. The van der Waals surface area contributed by atoms with Gasteiger partial charge in [0.25, 0.3) is 0 Å². The van der Waals surface area contributed by atoms with E-state index in [4.69, 9.17) is 18.9 Å².